The van der Waals surface area contributed by atoms with Gasteiger partial charge in [0.1, 0.15) is 22.8 Å². The minimum Gasteiger partial charge on any atom is -0.464 e. The summed E-state index contributed by atoms with van der Waals surface area (Å²) < 4.78 is 5.26. The number of ether oxygens (including phenoxy) is 1. The van der Waals surface area contributed by atoms with Crippen LogP contribution in [0.15, 0.2) is 52.0 Å². The molecule has 1 aromatic carbocycles. The van der Waals surface area contributed by atoms with E-state index < -0.39 is 0 Å². The van der Waals surface area contributed by atoms with Crippen molar-refractivity contribution in [2.24, 2.45) is 0 Å². The monoisotopic (exact) mass is 396 g/mol. The lowest BCUT2D eigenvalue weighted by atomic mass is 10.4. The second-order valence-corrected chi connectivity index (χ2v) is 8.09. The Labute approximate surface area is 157 Å². The molecule has 0 amide bonds. The highest BCUT2D eigenvalue weighted by molar-refractivity contribution is 8.00. The number of benzene rings is 1. The van der Waals surface area contributed by atoms with Gasteiger partial charge in [-0.2, -0.15) is 0 Å². The molecule has 3 rings (SSSR count). The zero-order chi connectivity index (χ0) is 16.8. The Balaban J connectivity index is 1.40. The lowest BCUT2D eigenvalue weighted by Gasteiger charge is -2.05. The van der Waals surface area contributed by atoms with E-state index >= 15 is 0 Å². The topological polar surface area (TPSA) is 52.1 Å². The first kappa shape index (κ1) is 17.5. The first-order valence-electron chi connectivity index (χ1n) is 7.07. The van der Waals surface area contributed by atoms with E-state index in [2.05, 4.69) is 9.97 Å². The van der Waals surface area contributed by atoms with Crippen molar-refractivity contribution in [1.29, 1.82) is 0 Å². The summed E-state index contributed by atoms with van der Waals surface area (Å²) in [6, 6.07) is 9.56. The van der Waals surface area contributed by atoms with E-state index in [4.69, 9.17) is 16.3 Å². The van der Waals surface area contributed by atoms with Crippen molar-refractivity contribution in [1.82, 2.24) is 9.97 Å². The summed E-state index contributed by atoms with van der Waals surface area (Å²) in [5.74, 6) is 0.715. The summed E-state index contributed by atoms with van der Waals surface area (Å²) in [6.45, 7) is 0.379. The van der Waals surface area contributed by atoms with Gasteiger partial charge in [-0.05, 0) is 35.7 Å². The second-order valence-electron chi connectivity index (χ2n) is 4.63. The van der Waals surface area contributed by atoms with Crippen LogP contribution in [0, 0.1) is 0 Å². The maximum Gasteiger partial charge on any atom is 0.316 e. The lowest BCUT2D eigenvalue weighted by Crippen LogP contribution is -2.09. The van der Waals surface area contributed by atoms with Crippen molar-refractivity contribution in [3.63, 3.8) is 0 Å². The number of nitrogens with zero attached hydrogens (tertiary/aromatic N) is 2. The van der Waals surface area contributed by atoms with Crippen molar-refractivity contribution < 1.29 is 9.53 Å². The molecule has 0 atom stereocenters. The summed E-state index contributed by atoms with van der Waals surface area (Å²) in [6.07, 6.45) is 1.52. The molecular weight excluding hydrogens is 384 g/mol. The van der Waals surface area contributed by atoms with E-state index in [0.717, 1.165) is 20.1 Å². The Hall–Kier alpha value is -1.28. The molecule has 0 unspecified atom stereocenters. The molecule has 0 aliphatic heterocycles. The average molecular weight is 397 g/mol. The molecule has 2 heterocycles. The maximum atomic E-state index is 11.8. The van der Waals surface area contributed by atoms with Crippen LogP contribution >= 0.6 is 46.5 Å². The Morgan fingerprint density at radius 1 is 1.17 bits per heavy atom. The van der Waals surface area contributed by atoms with Gasteiger partial charge in [0.2, 0.25) is 0 Å². The predicted molar refractivity (Wildman–Crippen MR) is 101 cm³/mol. The standard InChI is InChI=1S/C16H13ClN2O2S3/c17-11-1-3-12(4-2-11)22-8-6-21-14(20)9-24-16-13-5-7-23-15(13)18-10-19-16/h1-5,7,10H,6,8-9H2. The molecule has 0 aliphatic rings. The summed E-state index contributed by atoms with van der Waals surface area (Å²) in [5, 5.41) is 4.48. The zero-order valence-electron chi connectivity index (χ0n) is 12.5. The van der Waals surface area contributed by atoms with Gasteiger partial charge < -0.3 is 4.74 Å². The van der Waals surface area contributed by atoms with Crippen LogP contribution in [-0.2, 0) is 9.53 Å². The quantitative estimate of drug-likeness (QED) is 0.248. The molecule has 0 spiro atoms. The normalized spacial score (nSPS) is 10.9. The molecule has 3 aromatic rings. The first-order valence-corrected chi connectivity index (χ1v) is 10.3. The van der Waals surface area contributed by atoms with Gasteiger partial charge in [-0.3, -0.25) is 4.79 Å². The molecule has 2 aromatic heterocycles. The molecule has 0 bridgehead atoms. The number of hydrogen-bond donors (Lipinski definition) is 0. The number of thioether (sulfide) groups is 2. The number of hydrogen-bond acceptors (Lipinski definition) is 7. The Morgan fingerprint density at radius 2 is 2.00 bits per heavy atom. The fourth-order valence-corrected chi connectivity index (χ4v) is 4.33. The molecule has 0 N–H and O–H groups in total. The molecule has 8 heteroatoms. The van der Waals surface area contributed by atoms with Gasteiger partial charge >= 0.3 is 5.97 Å². The molecular formula is C16H13ClN2O2S3. The fraction of sp³-hybridized carbons (Fsp3) is 0.188. The Bertz CT molecular complexity index is 824. The van der Waals surface area contributed by atoms with Crippen molar-refractivity contribution in [2.45, 2.75) is 9.92 Å². The number of carbonyl (C=O) groups excluding carboxylic acids is 1. The highest BCUT2D eigenvalue weighted by Crippen LogP contribution is 2.27. The minimum atomic E-state index is -0.237. The van der Waals surface area contributed by atoms with Crippen LogP contribution in [0.1, 0.15) is 0 Å². The molecule has 4 nitrogen and oxygen atoms in total. The third kappa shape index (κ3) is 4.86. The molecule has 0 aliphatic carbocycles. The SMILES string of the molecule is O=C(CSc1ncnc2sccc12)OCCSc1ccc(Cl)cc1. The van der Waals surface area contributed by atoms with E-state index in [0.29, 0.717) is 17.4 Å². The molecule has 0 radical (unpaired) electrons. The van der Waals surface area contributed by atoms with Crippen molar-refractivity contribution in [3.8, 4) is 0 Å². The molecule has 0 saturated heterocycles. The third-order valence-corrected chi connectivity index (χ3v) is 6.01. The molecule has 24 heavy (non-hydrogen) atoms. The van der Waals surface area contributed by atoms with Gasteiger partial charge in [0.05, 0.1) is 5.75 Å². The average Bonchev–Trinajstić information content (AvgIpc) is 3.07. The van der Waals surface area contributed by atoms with Crippen LogP contribution in [-0.4, -0.2) is 34.0 Å². The van der Waals surface area contributed by atoms with E-state index in [1.165, 1.54) is 18.1 Å². The summed E-state index contributed by atoms with van der Waals surface area (Å²) in [4.78, 5) is 22.3. The van der Waals surface area contributed by atoms with Crippen LogP contribution in [0.3, 0.4) is 0 Å². The smallest absolute Gasteiger partial charge is 0.316 e. The highest BCUT2D eigenvalue weighted by atomic mass is 35.5. The van der Waals surface area contributed by atoms with Gasteiger partial charge in [0, 0.05) is 21.1 Å². The lowest BCUT2D eigenvalue weighted by molar-refractivity contribution is -0.139. The summed E-state index contributed by atoms with van der Waals surface area (Å²) >= 11 is 10.4. The second kappa shape index (κ2) is 8.71. The maximum absolute atomic E-state index is 11.8. The van der Waals surface area contributed by atoms with E-state index in [-0.39, 0.29) is 11.7 Å². The molecule has 0 fully saturated rings. The number of thiophene rings is 1. The van der Waals surface area contributed by atoms with Crippen LogP contribution in [0.4, 0.5) is 0 Å². The Kier molecular flexibility index (Phi) is 6.37. The van der Waals surface area contributed by atoms with Crippen LogP contribution in [0.5, 0.6) is 0 Å². The van der Waals surface area contributed by atoms with Crippen molar-refractivity contribution in [2.75, 3.05) is 18.1 Å². The van der Waals surface area contributed by atoms with Gasteiger partial charge in [-0.25, -0.2) is 9.97 Å². The largest absolute Gasteiger partial charge is 0.464 e. The van der Waals surface area contributed by atoms with Crippen molar-refractivity contribution in [3.05, 3.63) is 47.1 Å². The molecule has 124 valence electrons. The number of rotatable bonds is 7. The van der Waals surface area contributed by atoms with Crippen LogP contribution in [0.2, 0.25) is 5.02 Å². The fourth-order valence-electron chi connectivity index (χ4n) is 1.90. The van der Waals surface area contributed by atoms with E-state index in [1.807, 2.05) is 35.7 Å². The van der Waals surface area contributed by atoms with Gasteiger partial charge in [0.25, 0.3) is 0 Å². The zero-order valence-corrected chi connectivity index (χ0v) is 15.7. The van der Waals surface area contributed by atoms with Crippen molar-refractivity contribution >= 4 is 62.6 Å². The number of aromatic nitrogens is 2. The van der Waals surface area contributed by atoms with Gasteiger partial charge in [-0.1, -0.05) is 23.4 Å². The van der Waals surface area contributed by atoms with Gasteiger partial charge in [0.15, 0.2) is 0 Å². The summed E-state index contributed by atoms with van der Waals surface area (Å²) in [5.41, 5.74) is 0. The third-order valence-electron chi connectivity index (χ3n) is 2.98. The van der Waals surface area contributed by atoms with Gasteiger partial charge in [-0.15, -0.1) is 23.1 Å². The van der Waals surface area contributed by atoms with Crippen LogP contribution in [0.25, 0.3) is 10.2 Å². The van der Waals surface area contributed by atoms with Crippen LogP contribution < -0.4 is 0 Å². The van der Waals surface area contributed by atoms with E-state index in [1.54, 1.807) is 23.1 Å². The van der Waals surface area contributed by atoms with E-state index in [9.17, 15) is 4.79 Å². The number of esters is 1. The number of fused-ring (bicyclic) bond motifs is 1. The summed E-state index contributed by atoms with van der Waals surface area (Å²) in [7, 11) is 0. The predicted octanol–water partition coefficient (Wildman–Crippen LogP) is 4.77. The first-order chi connectivity index (χ1) is 11.7. The highest BCUT2D eigenvalue weighted by Gasteiger charge is 2.09. The minimum absolute atomic E-state index is 0.237. The number of carbonyl (C=O) groups is 1. The number of halogens is 1. The Morgan fingerprint density at radius 3 is 2.83 bits per heavy atom. The molecule has 0 saturated carbocycles.